The van der Waals surface area contributed by atoms with Gasteiger partial charge in [0.1, 0.15) is 5.78 Å². The van der Waals surface area contributed by atoms with Crippen LogP contribution in [-0.4, -0.2) is 22.8 Å². The molecule has 0 aromatic carbocycles. The first-order valence-corrected chi connectivity index (χ1v) is 9.37. The van der Waals surface area contributed by atoms with Crippen LogP contribution in [0, 0.1) is 28.6 Å². The zero-order valence-corrected chi connectivity index (χ0v) is 14.3. The summed E-state index contributed by atoms with van der Waals surface area (Å²) in [4.78, 5) is 24.5. The standard InChI is InChI=1S/C20H28O3/c1-3-20-9-7-15-14(18(20)16(22)11-17(20)23)5-4-12-10-13(21)6-8-19(12,15)2/h10,14-16,18,22H,3-9,11H2,1-2H3/t14-,15-,16+,18-,19+,20-/m1/s1. The Bertz CT molecular complexity index is 592. The summed E-state index contributed by atoms with van der Waals surface area (Å²) in [7, 11) is 0. The number of allylic oxidation sites excluding steroid dienone is 1. The largest absolute Gasteiger partial charge is 0.392 e. The topological polar surface area (TPSA) is 54.4 Å². The smallest absolute Gasteiger partial charge is 0.155 e. The van der Waals surface area contributed by atoms with Crippen molar-refractivity contribution in [1.82, 2.24) is 0 Å². The molecule has 0 aromatic heterocycles. The Balaban J connectivity index is 1.73. The Hall–Kier alpha value is -0.960. The molecule has 3 fully saturated rings. The first kappa shape index (κ1) is 15.6. The lowest BCUT2D eigenvalue weighted by Gasteiger charge is -2.57. The van der Waals surface area contributed by atoms with Crippen LogP contribution in [0.25, 0.3) is 0 Å². The van der Waals surface area contributed by atoms with Crippen LogP contribution in [-0.2, 0) is 9.59 Å². The van der Waals surface area contributed by atoms with Crippen LogP contribution >= 0.6 is 0 Å². The van der Waals surface area contributed by atoms with Crippen LogP contribution in [0.4, 0.5) is 0 Å². The normalized spacial score (nSPS) is 49.3. The second-order valence-corrected chi connectivity index (χ2v) is 8.63. The average Bonchev–Trinajstić information content (AvgIpc) is 2.79. The number of carbonyl (C=O) groups excluding carboxylic acids is 2. The lowest BCUT2D eigenvalue weighted by atomic mass is 9.46. The molecule has 4 rings (SSSR count). The summed E-state index contributed by atoms with van der Waals surface area (Å²) in [6.45, 7) is 4.46. The van der Waals surface area contributed by atoms with Crippen LogP contribution in [0.15, 0.2) is 11.6 Å². The van der Waals surface area contributed by atoms with Gasteiger partial charge in [-0.15, -0.1) is 0 Å². The van der Waals surface area contributed by atoms with Gasteiger partial charge >= 0.3 is 0 Å². The molecule has 0 radical (unpaired) electrons. The number of ketones is 2. The van der Waals surface area contributed by atoms with Crippen LogP contribution in [0.2, 0.25) is 0 Å². The number of carbonyl (C=O) groups is 2. The van der Waals surface area contributed by atoms with Crippen LogP contribution in [0.3, 0.4) is 0 Å². The highest BCUT2D eigenvalue weighted by Crippen LogP contribution is 2.65. The van der Waals surface area contributed by atoms with Crippen LogP contribution < -0.4 is 0 Å². The van der Waals surface area contributed by atoms with E-state index >= 15 is 0 Å². The van der Waals surface area contributed by atoms with Gasteiger partial charge in [-0.05, 0) is 61.9 Å². The molecule has 3 saturated carbocycles. The van der Waals surface area contributed by atoms with Crippen molar-refractivity contribution in [2.45, 2.75) is 71.3 Å². The van der Waals surface area contributed by atoms with E-state index in [4.69, 9.17) is 0 Å². The lowest BCUT2D eigenvalue weighted by Crippen LogP contribution is -2.53. The highest BCUT2D eigenvalue weighted by Gasteiger charge is 2.62. The highest BCUT2D eigenvalue weighted by atomic mass is 16.3. The second-order valence-electron chi connectivity index (χ2n) is 8.63. The van der Waals surface area contributed by atoms with Crippen molar-refractivity contribution in [3.8, 4) is 0 Å². The van der Waals surface area contributed by atoms with E-state index in [9.17, 15) is 14.7 Å². The van der Waals surface area contributed by atoms with E-state index in [0.717, 1.165) is 38.5 Å². The van der Waals surface area contributed by atoms with Gasteiger partial charge in [0.05, 0.1) is 6.10 Å². The number of rotatable bonds is 1. The first-order valence-electron chi connectivity index (χ1n) is 9.37. The third-order valence-electron chi connectivity index (χ3n) is 8.04. The predicted octanol–water partition coefficient (Wildman–Crippen LogP) is 3.45. The molecule has 126 valence electrons. The fourth-order valence-electron chi connectivity index (χ4n) is 6.81. The molecule has 0 aliphatic heterocycles. The molecule has 0 unspecified atom stereocenters. The Morgan fingerprint density at radius 3 is 2.74 bits per heavy atom. The van der Waals surface area contributed by atoms with E-state index in [1.54, 1.807) is 0 Å². The molecular formula is C20H28O3. The SMILES string of the molecule is CC[C@]12CC[C@@H]3[C@@H](CCC4=CC(=O)CC[C@@]43C)[C@@H]1[C@@H](O)CC2=O. The van der Waals surface area contributed by atoms with Crippen molar-refractivity contribution in [1.29, 1.82) is 0 Å². The molecule has 0 saturated heterocycles. The Kier molecular flexibility index (Phi) is 3.39. The molecule has 0 amide bonds. The number of Topliss-reactive ketones (excluding diaryl/α,β-unsaturated/α-hetero) is 1. The minimum atomic E-state index is -0.449. The Morgan fingerprint density at radius 1 is 1.22 bits per heavy atom. The molecule has 0 aromatic rings. The van der Waals surface area contributed by atoms with Crippen molar-refractivity contribution < 1.29 is 14.7 Å². The molecule has 0 bridgehead atoms. The zero-order valence-electron chi connectivity index (χ0n) is 14.3. The number of hydrogen-bond acceptors (Lipinski definition) is 3. The number of aliphatic hydroxyl groups excluding tert-OH is 1. The lowest BCUT2D eigenvalue weighted by molar-refractivity contribution is -0.136. The highest BCUT2D eigenvalue weighted by molar-refractivity contribution is 5.91. The summed E-state index contributed by atoms with van der Waals surface area (Å²) in [5.41, 5.74) is 1.20. The van der Waals surface area contributed by atoms with Gasteiger partial charge < -0.3 is 5.11 Å². The molecular weight excluding hydrogens is 288 g/mol. The molecule has 6 atom stereocenters. The van der Waals surface area contributed by atoms with Gasteiger partial charge in [-0.3, -0.25) is 9.59 Å². The molecule has 0 heterocycles. The first-order chi connectivity index (χ1) is 10.9. The van der Waals surface area contributed by atoms with Crippen molar-refractivity contribution in [3.63, 3.8) is 0 Å². The van der Waals surface area contributed by atoms with E-state index in [0.29, 0.717) is 30.5 Å². The predicted molar refractivity (Wildman–Crippen MR) is 87.7 cm³/mol. The van der Waals surface area contributed by atoms with Gasteiger partial charge in [0.2, 0.25) is 0 Å². The maximum Gasteiger partial charge on any atom is 0.155 e. The fraction of sp³-hybridized carbons (Fsp3) is 0.800. The van der Waals surface area contributed by atoms with Crippen molar-refractivity contribution >= 4 is 11.6 Å². The molecule has 4 aliphatic rings. The van der Waals surface area contributed by atoms with Gasteiger partial charge in [0, 0.05) is 24.2 Å². The van der Waals surface area contributed by atoms with Crippen LogP contribution in [0.5, 0.6) is 0 Å². The van der Waals surface area contributed by atoms with E-state index < -0.39 is 6.10 Å². The van der Waals surface area contributed by atoms with E-state index in [1.807, 2.05) is 6.08 Å². The van der Waals surface area contributed by atoms with Gasteiger partial charge in [0.25, 0.3) is 0 Å². The van der Waals surface area contributed by atoms with Gasteiger partial charge in [-0.2, -0.15) is 0 Å². The number of fused-ring (bicyclic) bond motifs is 5. The summed E-state index contributed by atoms with van der Waals surface area (Å²) in [6.07, 6.45) is 8.33. The van der Waals surface area contributed by atoms with Gasteiger partial charge in [-0.1, -0.05) is 19.4 Å². The van der Waals surface area contributed by atoms with Gasteiger partial charge in [0.15, 0.2) is 5.78 Å². The minimum absolute atomic E-state index is 0.113. The molecule has 0 spiro atoms. The molecule has 4 aliphatic carbocycles. The third kappa shape index (κ3) is 1.92. The summed E-state index contributed by atoms with van der Waals surface area (Å²) >= 11 is 0. The summed E-state index contributed by atoms with van der Waals surface area (Å²) in [6, 6.07) is 0. The van der Waals surface area contributed by atoms with E-state index in [-0.39, 0.29) is 22.5 Å². The quantitative estimate of drug-likeness (QED) is 0.806. The van der Waals surface area contributed by atoms with Crippen LogP contribution in [0.1, 0.15) is 65.2 Å². The Labute approximate surface area is 138 Å². The molecule has 3 nitrogen and oxygen atoms in total. The van der Waals surface area contributed by atoms with Crippen molar-refractivity contribution in [2.24, 2.45) is 28.6 Å². The maximum absolute atomic E-state index is 12.6. The molecule has 1 N–H and O–H groups in total. The number of aliphatic hydroxyl groups is 1. The van der Waals surface area contributed by atoms with Gasteiger partial charge in [-0.25, -0.2) is 0 Å². The third-order valence-corrected chi connectivity index (χ3v) is 8.04. The number of hydrogen-bond donors (Lipinski definition) is 1. The zero-order chi connectivity index (χ0) is 16.4. The molecule has 3 heteroatoms. The maximum atomic E-state index is 12.6. The molecule has 23 heavy (non-hydrogen) atoms. The minimum Gasteiger partial charge on any atom is -0.392 e. The van der Waals surface area contributed by atoms with E-state index in [1.165, 1.54) is 5.57 Å². The summed E-state index contributed by atoms with van der Waals surface area (Å²) in [5, 5.41) is 10.7. The monoisotopic (exact) mass is 316 g/mol. The summed E-state index contributed by atoms with van der Waals surface area (Å²) < 4.78 is 0. The Morgan fingerprint density at radius 2 is 2.00 bits per heavy atom. The second kappa shape index (κ2) is 5.02. The fourth-order valence-corrected chi connectivity index (χ4v) is 6.81. The summed E-state index contributed by atoms with van der Waals surface area (Å²) in [5.74, 6) is 1.71. The van der Waals surface area contributed by atoms with E-state index in [2.05, 4.69) is 13.8 Å². The van der Waals surface area contributed by atoms with Crippen molar-refractivity contribution in [3.05, 3.63) is 11.6 Å². The van der Waals surface area contributed by atoms with Crippen molar-refractivity contribution in [2.75, 3.05) is 0 Å². The average molecular weight is 316 g/mol.